The fourth-order valence-corrected chi connectivity index (χ4v) is 1.61. The van der Waals surface area contributed by atoms with E-state index in [2.05, 4.69) is 18.7 Å². The van der Waals surface area contributed by atoms with E-state index in [-0.39, 0.29) is 6.61 Å². The number of aliphatic hydroxyl groups excluding tert-OH is 1. The average molecular weight is 159 g/mol. The second-order valence-corrected chi connectivity index (χ2v) is 3.24. The first-order valence-electron chi connectivity index (χ1n) is 4.21. The minimum atomic E-state index is 0.249. The first kappa shape index (κ1) is 8.97. The Balaban J connectivity index is 2.30. The van der Waals surface area contributed by atoms with Gasteiger partial charge in [0.25, 0.3) is 0 Å². The second kappa shape index (κ2) is 4.04. The molecule has 0 aromatic rings. The Morgan fingerprint density at radius 1 is 1.36 bits per heavy atom. The summed E-state index contributed by atoms with van der Waals surface area (Å²) in [4.78, 5) is 2.23. The third-order valence-electron chi connectivity index (χ3n) is 1.91. The Morgan fingerprint density at radius 3 is 2.36 bits per heavy atom. The van der Waals surface area contributed by atoms with Gasteiger partial charge in [0.15, 0.2) is 0 Å². The van der Waals surface area contributed by atoms with E-state index in [1.807, 2.05) is 0 Å². The zero-order valence-electron chi connectivity index (χ0n) is 7.29. The standard InChI is InChI=1S/C8H17NO2/c1-7-5-9(3-4-10)6-8(2)11-7/h7-8,10H,3-6H2,1-2H3. The molecule has 2 unspecified atom stereocenters. The third kappa shape index (κ3) is 2.77. The maximum absolute atomic E-state index is 8.71. The molecule has 1 aliphatic rings. The van der Waals surface area contributed by atoms with Crippen LogP contribution in [0.3, 0.4) is 0 Å². The second-order valence-electron chi connectivity index (χ2n) is 3.24. The van der Waals surface area contributed by atoms with Gasteiger partial charge in [-0.15, -0.1) is 0 Å². The molecule has 0 aliphatic carbocycles. The molecule has 0 saturated carbocycles. The van der Waals surface area contributed by atoms with Crippen molar-refractivity contribution in [1.29, 1.82) is 0 Å². The van der Waals surface area contributed by atoms with Crippen molar-refractivity contribution < 1.29 is 9.84 Å². The number of ether oxygens (including phenoxy) is 1. The highest BCUT2D eigenvalue weighted by Gasteiger charge is 2.20. The minimum absolute atomic E-state index is 0.249. The van der Waals surface area contributed by atoms with E-state index in [9.17, 15) is 0 Å². The molecule has 0 aromatic carbocycles. The molecule has 2 atom stereocenters. The monoisotopic (exact) mass is 159 g/mol. The molecule has 1 rings (SSSR count). The van der Waals surface area contributed by atoms with Crippen molar-refractivity contribution in [2.75, 3.05) is 26.2 Å². The number of hydrogen-bond donors (Lipinski definition) is 1. The van der Waals surface area contributed by atoms with Crippen LogP contribution >= 0.6 is 0 Å². The summed E-state index contributed by atoms with van der Waals surface area (Å²) in [6, 6.07) is 0. The number of rotatable bonds is 2. The fourth-order valence-electron chi connectivity index (χ4n) is 1.61. The Morgan fingerprint density at radius 2 is 1.91 bits per heavy atom. The van der Waals surface area contributed by atoms with Gasteiger partial charge in [-0.3, -0.25) is 4.90 Å². The van der Waals surface area contributed by atoms with Gasteiger partial charge < -0.3 is 9.84 Å². The normalized spacial score (nSPS) is 34.1. The Hall–Kier alpha value is -0.120. The van der Waals surface area contributed by atoms with Gasteiger partial charge in [0.05, 0.1) is 18.8 Å². The summed E-state index contributed by atoms with van der Waals surface area (Å²) < 4.78 is 5.54. The van der Waals surface area contributed by atoms with E-state index >= 15 is 0 Å². The van der Waals surface area contributed by atoms with Gasteiger partial charge in [0.2, 0.25) is 0 Å². The quantitative estimate of drug-likeness (QED) is 0.619. The van der Waals surface area contributed by atoms with E-state index in [1.54, 1.807) is 0 Å². The molecule has 1 aliphatic heterocycles. The molecule has 0 aromatic heterocycles. The summed E-state index contributed by atoms with van der Waals surface area (Å²) in [5.74, 6) is 0. The van der Waals surface area contributed by atoms with Crippen molar-refractivity contribution in [2.45, 2.75) is 26.1 Å². The van der Waals surface area contributed by atoms with Crippen LogP contribution in [-0.2, 0) is 4.74 Å². The van der Waals surface area contributed by atoms with Crippen LogP contribution in [0.25, 0.3) is 0 Å². The number of hydrogen-bond acceptors (Lipinski definition) is 3. The highest BCUT2D eigenvalue weighted by atomic mass is 16.5. The summed E-state index contributed by atoms with van der Waals surface area (Å²) in [6.45, 7) is 7.06. The van der Waals surface area contributed by atoms with Gasteiger partial charge in [0.1, 0.15) is 0 Å². The molecular weight excluding hydrogens is 142 g/mol. The van der Waals surface area contributed by atoms with Crippen LogP contribution in [0.2, 0.25) is 0 Å². The van der Waals surface area contributed by atoms with Crippen molar-refractivity contribution in [3.63, 3.8) is 0 Å². The summed E-state index contributed by atoms with van der Waals surface area (Å²) in [5, 5.41) is 8.71. The predicted octanol–water partition coefficient (Wildman–Crippen LogP) is 0.0879. The lowest BCUT2D eigenvalue weighted by Gasteiger charge is -2.34. The first-order chi connectivity index (χ1) is 5.22. The van der Waals surface area contributed by atoms with Crippen LogP contribution in [0.15, 0.2) is 0 Å². The molecule has 3 nitrogen and oxygen atoms in total. The van der Waals surface area contributed by atoms with Gasteiger partial charge in [-0.25, -0.2) is 0 Å². The maximum atomic E-state index is 8.71. The van der Waals surface area contributed by atoms with Crippen LogP contribution in [0.4, 0.5) is 0 Å². The van der Waals surface area contributed by atoms with Crippen LogP contribution in [0.5, 0.6) is 0 Å². The van der Waals surface area contributed by atoms with Gasteiger partial charge in [0, 0.05) is 19.6 Å². The molecular formula is C8H17NO2. The van der Waals surface area contributed by atoms with Crippen molar-refractivity contribution in [3.05, 3.63) is 0 Å². The van der Waals surface area contributed by atoms with Gasteiger partial charge >= 0.3 is 0 Å². The van der Waals surface area contributed by atoms with Crippen LogP contribution in [-0.4, -0.2) is 48.5 Å². The van der Waals surface area contributed by atoms with Crippen LogP contribution in [0.1, 0.15) is 13.8 Å². The largest absolute Gasteiger partial charge is 0.395 e. The topological polar surface area (TPSA) is 32.7 Å². The van der Waals surface area contributed by atoms with Crippen LogP contribution in [0, 0.1) is 0 Å². The molecule has 66 valence electrons. The summed E-state index contributed by atoms with van der Waals surface area (Å²) >= 11 is 0. The maximum Gasteiger partial charge on any atom is 0.0678 e. The number of aliphatic hydroxyl groups is 1. The molecule has 0 amide bonds. The third-order valence-corrected chi connectivity index (χ3v) is 1.91. The van der Waals surface area contributed by atoms with Crippen molar-refractivity contribution in [3.8, 4) is 0 Å². The Kier molecular flexibility index (Phi) is 3.30. The highest BCUT2D eigenvalue weighted by Crippen LogP contribution is 2.09. The molecule has 0 bridgehead atoms. The highest BCUT2D eigenvalue weighted by molar-refractivity contribution is 4.72. The predicted molar refractivity (Wildman–Crippen MR) is 43.5 cm³/mol. The van der Waals surface area contributed by atoms with Gasteiger partial charge in [-0.05, 0) is 13.8 Å². The molecule has 1 saturated heterocycles. The summed E-state index contributed by atoms with van der Waals surface area (Å²) in [7, 11) is 0. The van der Waals surface area contributed by atoms with Gasteiger partial charge in [-0.1, -0.05) is 0 Å². The average Bonchev–Trinajstić information content (AvgIpc) is 1.85. The molecule has 1 fully saturated rings. The SMILES string of the molecule is CC1CN(CCO)CC(C)O1. The zero-order chi connectivity index (χ0) is 8.27. The zero-order valence-corrected chi connectivity index (χ0v) is 7.29. The number of morpholine rings is 1. The smallest absolute Gasteiger partial charge is 0.0678 e. The van der Waals surface area contributed by atoms with Crippen molar-refractivity contribution in [2.24, 2.45) is 0 Å². The molecule has 0 spiro atoms. The van der Waals surface area contributed by atoms with E-state index in [0.29, 0.717) is 12.2 Å². The molecule has 11 heavy (non-hydrogen) atoms. The van der Waals surface area contributed by atoms with E-state index in [0.717, 1.165) is 19.6 Å². The first-order valence-corrected chi connectivity index (χ1v) is 4.21. The minimum Gasteiger partial charge on any atom is -0.395 e. The molecule has 1 N–H and O–H groups in total. The van der Waals surface area contributed by atoms with E-state index in [1.165, 1.54) is 0 Å². The summed E-state index contributed by atoms with van der Waals surface area (Å²) in [6.07, 6.45) is 0.621. The Bertz CT molecular complexity index is 109. The molecule has 1 heterocycles. The Labute approximate surface area is 68.0 Å². The lowest BCUT2D eigenvalue weighted by molar-refractivity contribution is -0.0705. The van der Waals surface area contributed by atoms with E-state index < -0.39 is 0 Å². The van der Waals surface area contributed by atoms with E-state index in [4.69, 9.17) is 9.84 Å². The van der Waals surface area contributed by atoms with Crippen LogP contribution < -0.4 is 0 Å². The van der Waals surface area contributed by atoms with Crippen molar-refractivity contribution >= 4 is 0 Å². The van der Waals surface area contributed by atoms with Crippen molar-refractivity contribution in [1.82, 2.24) is 4.90 Å². The van der Waals surface area contributed by atoms with Gasteiger partial charge in [-0.2, -0.15) is 0 Å². The lowest BCUT2D eigenvalue weighted by atomic mass is 10.2. The summed E-state index contributed by atoms with van der Waals surface area (Å²) in [5.41, 5.74) is 0. The molecule has 0 radical (unpaired) electrons. The lowest BCUT2D eigenvalue weighted by Crippen LogP contribution is -2.46. The number of β-amino-alcohol motifs (C(OH)–C–C–N with tert-alkyl or cyclic N) is 1. The fraction of sp³-hybridized carbons (Fsp3) is 1.00. The number of nitrogens with zero attached hydrogens (tertiary/aromatic N) is 1. The molecule has 3 heteroatoms.